The van der Waals surface area contributed by atoms with Crippen molar-refractivity contribution in [1.29, 1.82) is 0 Å². The van der Waals surface area contributed by atoms with Gasteiger partial charge >= 0.3 is 0 Å². The molecule has 1 N–H and O–H groups in total. The van der Waals surface area contributed by atoms with E-state index in [9.17, 15) is 17.6 Å². The number of rotatable bonds is 10. The second-order valence-corrected chi connectivity index (χ2v) is 9.78. The van der Waals surface area contributed by atoms with E-state index >= 15 is 0 Å². The lowest BCUT2D eigenvalue weighted by Gasteiger charge is -2.24. The summed E-state index contributed by atoms with van der Waals surface area (Å²) in [7, 11) is -4.04. The van der Waals surface area contributed by atoms with Crippen LogP contribution in [-0.2, 0) is 21.4 Å². The Morgan fingerprint density at radius 1 is 0.853 bits per heavy atom. The number of sulfonamides is 1. The number of anilines is 2. The third-order valence-corrected chi connectivity index (χ3v) is 7.35. The third-order valence-electron chi connectivity index (χ3n) is 5.57. The van der Waals surface area contributed by atoms with Crippen molar-refractivity contribution in [2.45, 2.75) is 32.2 Å². The molecule has 6 nitrogen and oxygen atoms in total. The minimum absolute atomic E-state index is 0.0576. The van der Waals surface area contributed by atoms with Crippen LogP contribution < -0.4 is 14.5 Å². The molecule has 1 amide bonds. The normalized spacial score (nSPS) is 11.2. The zero-order valence-corrected chi connectivity index (χ0v) is 20.5. The van der Waals surface area contributed by atoms with Gasteiger partial charge in [-0.1, -0.05) is 29.8 Å². The first-order valence-electron chi connectivity index (χ1n) is 11.2. The van der Waals surface area contributed by atoms with Crippen LogP contribution in [0.4, 0.5) is 15.8 Å². The lowest BCUT2D eigenvalue weighted by Crippen LogP contribution is -2.40. The molecule has 8 heteroatoms. The van der Waals surface area contributed by atoms with Gasteiger partial charge in [0.2, 0.25) is 5.91 Å². The van der Waals surface area contributed by atoms with Gasteiger partial charge in [0.1, 0.15) is 12.4 Å². The number of carbonyl (C=O) groups excluding carboxylic acids is 1. The molecule has 0 radical (unpaired) electrons. The number of nitrogens with zero attached hydrogens (tertiary/aromatic N) is 2. The van der Waals surface area contributed by atoms with Crippen molar-refractivity contribution in [1.82, 2.24) is 5.32 Å². The highest BCUT2D eigenvalue weighted by atomic mass is 32.2. The lowest BCUT2D eigenvalue weighted by molar-refractivity contribution is -0.119. The molecule has 0 bridgehead atoms. The summed E-state index contributed by atoms with van der Waals surface area (Å²) in [5.41, 5.74) is 3.13. The molecular formula is C26H30FN3O3S. The van der Waals surface area contributed by atoms with Gasteiger partial charge in [-0.05, 0) is 74.9 Å². The maximum absolute atomic E-state index is 13.5. The third kappa shape index (κ3) is 6.14. The molecular weight excluding hydrogens is 453 g/mol. The van der Waals surface area contributed by atoms with Gasteiger partial charge in [-0.2, -0.15) is 0 Å². The Morgan fingerprint density at radius 3 is 1.97 bits per heavy atom. The smallest absolute Gasteiger partial charge is 0.264 e. The van der Waals surface area contributed by atoms with E-state index in [4.69, 9.17) is 0 Å². The fourth-order valence-corrected chi connectivity index (χ4v) is 4.98. The first-order chi connectivity index (χ1) is 16.2. The predicted molar refractivity (Wildman–Crippen MR) is 134 cm³/mol. The van der Waals surface area contributed by atoms with E-state index in [2.05, 4.69) is 24.1 Å². The van der Waals surface area contributed by atoms with E-state index in [0.717, 1.165) is 34.2 Å². The Balaban J connectivity index is 1.76. The maximum Gasteiger partial charge on any atom is 0.264 e. The van der Waals surface area contributed by atoms with Crippen molar-refractivity contribution in [3.8, 4) is 0 Å². The predicted octanol–water partition coefficient (Wildman–Crippen LogP) is 4.49. The van der Waals surface area contributed by atoms with Crippen LogP contribution in [0.5, 0.6) is 0 Å². The molecule has 0 atom stereocenters. The van der Waals surface area contributed by atoms with Gasteiger partial charge in [0, 0.05) is 25.3 Å². The lowest BCUT2D eigenvalue weighted by atomic mass is 10.2. The van der Waals surface area contributed by atoms with E-state index < -0.39 is 28.3 Å². The number of aryl methyl sites for hydroxylation is 1. The summed E-state index contributed by atoms with van der Waals surface area (Å²) in [6, 6.07) is 19.3. The number of amides is 1. The second-order valence-electron chi connectivity index (χ2n) is 7.92. The first-order valence-corrected chi connectivity index (χ1v) is 12.6. The van der Waals surface area contributed by atoms with Gasteiger partial charge in [-0.15, -0.1) is 0 Å². The molecule has 0 fully saturated rings. The molecule has 0 aliphatic carbocycles. The molecule has 3 rings (SSSR count). The van der Waals surface area contributed by atoms with Crippen molar-refractivity contribution >= 4 is 27.3 Å². The van der Waals surface area contributed by atoms with Crippen LogP contribution >= 0.6 is 0 Å². The standard InChI is InChI=1S/C26H30FN3O3S/c1-4-29(5-2)23-12-8-21(9-13-23)18-28-26(31)19-30(24-14-10-22(27)11-15-24)34(32,33)25-16-6-20(3)7-17-25/h6-17H,4-5,18-19H2,1-3H3,(H,28,31). The van der Waals surface area contributed by atoms with Crippen LogP contribution in [0.2, 0.25) is 0 Å². The number of halogens is 1. The molecule has 0 saturated carbocycles. The van der Waals surface area contributed by atoms with Gasteiger partial charge in [-0.25, -0.2) is 12.8 Å². The summed E-state index contributed by atoms with van der Waals surface area (Å²) in [5, 5.41) is 2.79. The summed E-state index contributed by atoms with van der Waals surface area (Å²) in [5.74, 6) is -0.957. The van der Waals surface area contributed by atoms with E-state index in [0.29, 0.717) is 0 Å². The molecule has 180 valence electrons. The number of carbonyl (C=O) groups is 1. The van der Waals surface area contributed by atoms with Crippen molar-refractivity contribution in [3.05, 3.63) is 89.7 Å². The summed E-state index contributed by atoms with van der Waals surface area (Å²) < 4.78 is 41.1. The Hall–Kier alpha value is -3.39. The average Bonchev–Trinajstić information content (AvgIpc) is 2.83. The first kappa shape index (κ1) is 25.2. The van der Waals surface area contributed by atoms with Gasteiger partial charge < -0.3 is 10.2 Å². The zero-order valence-electron chi connectivity index (χ0n) is 19.7. The Bertz CT molecular complexity index is 1190. The molecule has 3 aromatic rings. The van der Waals surface area contributed by atoms with E-state index in [1.807, 2.05) is 31.2 Å². The van der Waals surface area contributed by atoms with Crippen LogP contribution in [0.15, 0.2) is 77.7 Å². The van der Waals surface area contributed by atoms with Crippen LogP contribution in [0, 0.1) is 12.7 Å². The SMILES string of the molecule is CCN(CC)c1ccc(CNC(=O)CN(c2ccc(F)cc2)S(=O)(=O)c2ccc(C)cc2)cc1. The van der Waals surface area contributed by atoms with Crippen molar-refractivity contribution < 1.29 is 17.6 Å². The minimum Gasteiger partial charge on any atom is -0.372 e. The quantitative estimate of drug-likeness (QED) is 0.461. The largest absolute Gasteiger partial charge is 0.372 e. The summed E-state index contributed by atoms with van der Waals surface area (Å²) in [6.45, 7) is 7.68. The number of benzene rings is 3. The zero-order chi connectivity index (χ0) is 24.7. The van der Waals surface area contributed by atoms with Crippen molar-refractivity contribution in [3.63, 3.8) is 0 Å². The number of hydrogen-bond acceptors (Lipinski definition) is 4. The van der Waals surface area contributed by atoms with Crippen LogP contribution in [0.3, 0.4) is 0 Å². The molecule has 3 aromatic carbocycles. The molecule has 0 spiro atoms. The van der Waals surface area contributed by atoms with E-state index in [1.165, 1.54) is 36.4 Å². The summed E-state index contributed by atoms with van der Waals surface area (Å²) in [6.07, 6.45) is 0. The van der Waals surface area contributed by atoms with Gasteiger partial charge in [-0.3, -0.25) is 9.10 Å². The number of nitrogens with one attached hydrogen (secondary N) is 1. The second kappa shape index (κ2) is 11.2. The van der Waals surface area contributed by atoms with Gasteiger partial charge in [0.05, 0.1) is 10.6 Å². The number of hydrogen-bond donors (Lipinski definition) is 1. The summed E-state index contributed by atoms with van der Waals surface area (Å²) in [4.78, 5) is 15.0. The van der Waals surface area contributed by atoms with Crippen LogP contribution in [-0.4, -0.2) is 34.0 Å². The van der Waals surface area contributed by atoms with Gasteiger partial charge in [0.15, 0.2) is 0 Å². The van der Waals surface area contributed by atoms with Crippen LogP contribution in [0.25, 0.3) is 0 Å². The average molecular weight is 484 g/mol. The van der Waals surface area contributed by atoms with Crippen molar-refractivity contribution in [2.75, 3.05) is 28.8 Å². The highest BCUT2D eigenvalue weighted by Crippen LogP contribution is 2.24. The fourth-order valence-electron chi connectivity index (χ4n) is 3.56. The Kier molecular flexibility index (Phi) is 8.28. The monoisotopic (exact) mass is 483 g/mol. The Labute approximate surface area is 201 Å². The van der Waals surface area contributed by atoms with E-state index in [1.54, 1.807) is 12.1 Å². The minimum atomic E-state index is -4.04. The highest BCUT2D eigenvalue weighted by Gasteiger charge is 2.27. The Morgan fingerprint density at radius 2 is 1.41 bits per heavy atom. The molecule has 34 heavy (non-hydrogen) atoms. The van der Waals surface area contributed by atoms with E-state index in [-0.39, 0.29) is 17.1 Å². The summed E-state index contributed by atoms with van der Waals surface area (Å²) >= 11 is 0. The maximum atomic E-state index is 13.5. The van der Waals surface area contributed by atoms with Crippen molar-refractivity contribution in [2.24, 2.45) is 0 Å². The molecule has 0 saturated heterocycles. The van der Waals surface area contributed by atoms with Crippen LogP contribution in [0.1, 0.15) is 25.0 Å². The molecule has 0 unspecified atom stereocenters. The molecule has 0 aliphatic rings. The molecule has 0 heterocycles. The molecule has 0 aliphatic heterocycles. The highest BCUT2D eigenvalue weighted by molar-refractivity contribution is 7.92. The fraction of sp³-hybridized carbons (Fsp3) is 0.269. The topological polar surface area (TPSA) is 69.7 Å². The molecule has 0 aromatic heterocycles. The van der Waals surface area contributed by atoms with Gasteiger partial charge in [0.25, 0.3) is 10.0 Å².